The van der Waals surface area contributed by atoms with Crippen LogP contribution in [-0.4, -0.2) is 26.7 Å². The van der Waals surface area contributed by atoms with Gasteiger partial charge in [0.25, 0.3) is 0 Å². The van der Waals surface area contributed by atoms with Gasteiger partial charge in [0.1, 0.15) is 5.75 Å². The van der Waals surface area contributed by atoms with Gasteiger partial charge < -0.3 is 19.5 Å². The summed E-state index contributed by atoms with van der Waals surface area (Å²) in [7, 11) is 3.29. The molecule has 1 aliphatic heterocycles. The Morgan fingerprint density at radius 1 is 1.07 bits per heavy atom. The molecule has 1 aliphatic rings. The summed E-state index contributed by atoms with van der Waals surface area (Å²) in [5, 5.41) is 5.20. The summed E-state index contributed by atoms with van der Waals surface area (Å²) in [6, 6.07) is 13.9. The summed E-state index contributed by atoms with van der Waals surface area (Å²) in [5.41, 5.74) is 4.03. The van der Waals surface area contributed by atoms with Crippen LogP contribution in [0.2, 0.25) is 0 Å². The molecule has 0 radical (unpaired) electrons. The van der Waals surface area contributed by atoms with Gasteiger partial charge in [0.05, 0.1) is 26.5 Å². The molecule has 0 saturated carbocycles. The second kappa shape index (κ2) is 8.79. The number of amides is 1. The molecule has 1 atom stereocenters. The van der Waals surface area contributed by atoms with Crippen LogP contribution >= 0.6 is 11.3 Å². The van der Waals surface area contributed by atoms with E-state index in [-0.39, 0.29) is 11.8 Å². The third-order valence-corrected chi connectivity index (χ3v) is 6.34. The molecule has 0 spiro atoms. The van der Waals surface area contributed by atoms with Crippen molar-refractivity contribution in [3.63, 3.8) is 0 Å². The first-order valence-electron chi connectivity index (χ1n) is 10.0. The van der Waals surface area contributed by atoms with E-state index in [1.165, 1.54) is 0 Å². The van der Waals surface area contributed by atoms with Crippen molar-refractivity contribution in [3.05, 3.63) is 58.3 Å². The third kappa shape index (κ3) is 3.87. The van der Waals surface area contributed by atoms with E-state index >= 15 is 0 Å². The van der Waals surface area contributed by atoms with Crippen LogP contribution in [0, 0.1) is 0 Å². The molecule has 0 saturated heterocycles. The summed E-state index contributed by atoms with van der Waals surface area (Å²) < 4.78 is 16.6. The topological polar surface area (TPSA) is 56.8 Å². The Hall–Kier alpha value is -2.99. The van der Waals surface area contributed by atoms with Crippen LogP contribution in [-0.2, 0) is 4.79 Å². The minimum absolute atomic E-state index is 0.0140. The van der Waals surface area contributed by atoms with Crippen molar-refractivity contribution in [1.82, 2.24) is 0 Å². The summed E-state index contributed by atoms with van der Waals surface area (Å²) in [6.45, 7) is 2.71. The van der Waals surface area contributed by atoms with Crippen molar-refractivity contribution in [2.45, 2.75) is 25.7 Å². The minimum atomic E-state index is -0.0140. The van der Waals surface area contributed by atoms with E-state index < -0.39 is 0 Å². The first-order chi connectivity index (χ1) is 14.6. The predicted molar refractivity (Wildman–Crippen MR) is 120 cm³/mol. The minimum Gasteiger partial charge on any atom is -0.497 e. The third-order valence-electron chi connectivity index (χ3n) is 5.24. The van der Waals surface area contributed by atoms with Crippen LogP contribution in [0.25, 0.3) is 11.1 Å². The molecule has 6 heteroatoms. The van der Waals surface area contributed by atoms with Gasteiger partial charge in [-0.3, -0.25) is 4.79 Å². The van der Waals surface area contributed by atoms with E-state index in [0.717, 1.165) is 45.2 Å². The van der Waals surface area contributed by atoms with Gasteiger partial charge in [-0.2, -0.15) is 0 Å². The molecule has 5 nitrogen and oxygen atoms in total. The lowest BCUT2D eigenvalue weighted by molar-refractivity contribution is -0.116. The SMILES string of the molecule is CCCOc1ccc([C@H]2CC(=O)Nc3c(-c4ccc(OC)cc4)csc32)cc1OC. The van der Waals surface area contributed by atoms with Gasteiger partial charge >= 0.3 is 0 Å². The van der Waals surface area contributed by atoms with Crippen molar-refractivity contribution >= 4 is 22.9 Å². The number of fused-ring (bicyclic) bond motifs is 1. The first-order valence-corrected chi connectivity index (χ1v) is 10.9. The number of ether oxygens (including phenoxy) is 3. The number of anilines is 1. The summed E-state index contributed by atoms with van der Waals surface area (Å²) in [4.78, 5) is 13.7. The number of hydrogen-bond donors (Lipinski definition) is 1. The number of carbonyl (C=O) groups excluding carboxylic acids is 1. The lowest BCUT2D eigenvalue weighted by atomic mass is 9.89. The van der Waals surface area contributed by atoms with E-state index in [1.807, 2.05) is 42.5 Å². The Morgan fingerprint density at radius 2 is 1.87 bits per heavy atom. The normalized spacial score (nSPS) is 15.3. The lowest BCUT2D eigenvalue weighted by Crippen LogP contribution is -2.22. The Morgan fingerprint density at radius 3 is 2.57 bits per heavy atom. The number of nitrogens with one attached hydrogen (secondary N) is 1. The molecular weight excluding hydrogens is 398 g/mol. The van der Waals surface area contributed by atoms with Crippen LogP contribution < -0.4 is 19.5 Å². The van der Waals surface area contributed by atoms with E-state index in [9.17, 15) is 4.79 Å². The Bertz CT molecular complexity index is 1040. The molecule has 0 fully saturated rings. The second-order valence-corrected chi connectivity index (χ2v) is 8.09. The fourth-order valence-electron chi connectivity index (χ4n) is 3.71. The van der Waals surface area contributed by atoms with Gasteiger partial charge in [0.15, 0.2) is 11.5 Å². The number of carbonyl (C=O) groups is 1. The van der Waals surface area contributed by atoms with Gasteiger partial charge in [-0.25, -0.2) is 0 Å². The van der Waals surface area contributed by atoms with Crippen LogP contribution in [0.4, 0.5) is 5.69 Å². The Balaban J connectivity index is 1.70. The van der Waals surface area contributed by atoms with Gasteiger partial charge in [-0.15, -0.1) is 11.3 Å². The molecule has 0 aliphatic carbocycles. The number of methoxy groups -OCH3 is 2. The van der Waals surface area contributed by atoms with Crippen molar-refractivity contribution in [2.75, 3.05) is 26.1 Å². The zero-order chi connectivity index (χ0) is 21.1. The molecule has 30 heavy (non-hydrogen) atoms. The molecule has 3 aromatic rings. The summed E-state index contributed by atoms with van der Waals surface area (Å²) in [6.07, 6.45) is 1.34. The number of hydrogen-bond acceptors (Lipinski definition) is 5. The highest BCUT2D eigenvalue weighted by molar-refractivity contribution is 7.11. The van der Waals surface area contributed by atoms with E-state index in [0.29, 0.717) is 18.8 Å². The smallest absolute Gasteiger partial charge is 0.225 e. The van der Waals surface area contributed by atoms with Crippen molar-refractivity contribution < 1.29 is 19.0 Å². The molecule has 4 rings (SSSR count). The molecule has 156 valence electrons. The number of rotatable bonds is 7. The molecule has 0 unspecified atom stereocenters. The molecular formula is C24H25NO4S. The highest BCUT2D eigenvalue weighted by Crippen LogP contribution is 2.47. The lowest BCUT2D eigenvalue weighted by Gasteiger charge is -2.24. The van der Waals surface area contributed by atoms with Crippen molar-refractivity contribution in [1.29, 1.82) is 0 Å². The maximum atomic E-state index is 12.6. The molecule has 1 amide bonds. The van der Waals surface area contributed by atoms with Gasteiger partial charge in [-0.05, 0) is 41.8 Å². The monoisotopic (exact) mass is 423 g/mol. The average molecular weight is 424 g/mol. The zero-order valence-electron chi connectivity index (χ0n) is 17.4. The maximum absolute atomic E-state index is 12.6. The van der Waals surface area contributed by atoms with Crippen molar-refractivity contribution in [2.24, 2.45) is 0 Å². The Labute approximate surface area is 180 Å². The van der Waals surface area contributed by atoms with Gasteiger partial charge in [0.2, 0.25) is 5.91 Å². The molecule has 1 N–H and O–H groups in total. The zero-order valence-corrected chi connectivity index (χ0v) is 18.2. The van der Waals surface area contributed by atoms with Crippen LogP contribution in [0.1, 0.15) is 36.1 Å². The average Bonchev–Trinajstić information content (AvgIpc) is 3.20. The fraction of sp³-hybridized carbons (Fsp3) is 0.292. The predicted octanol–water partition coefficient (Wildman–Crippen LogP) is 5.70. The molecule has 2 heterocycles. The largest absolute Gasteiger partial charge is 0.497 e. The van der Waals surface area contributed by atoms with Gasteiger partial charge in [0, 0.05) is 28.2 Å². The summed E-state index contributed by atoms with van der Waals surface area (Å²) >= 11 is 1.68. The maximum Gasteiger partial charge on any atom is 0.225 e. The first kappa shape index (κ1) is 20.3. The van der Waals surface area contributed by atoms with Crippen molar-refractivity contribution in [3.8, 4) is 28.4 Å². The Kier molecular flexibility index (Phi) is 5.95. The fourth-order valence-corrected chi connectivity index (χ4v) is 4.87. The summed E-state index contributed by atoms with van der Waals surface area (Å²) in [5.74, 6) is 2.24. The standard InChI is InChI=1S/C24H25NO4S/c1-4-11-29-20-10-7-16(12-21(20)28-3)18-13-22(26)25-23-19(14-30-24(18)23)15-5-8-17(27-2)9-6-15/h5-10,12,14,18H,4,11,13H2,1-3H3,(H,25,26)/t18-/m1/s1. The van der Waals surface area contributed by atoms with E-state index in [2.05, 4.69) is 17.6 Å². The van der Waals surface area contributed by atoms with E-state index in [1.54, 1.807) is 25.6 Å². The van der Waals surface area contributed by atoms with Crippen LogP contribution in [0.5, 0.6) is 17.2 Å². The number of thiophene rings is 1. The quantitative estimate of drug-likeness (QED) is 0.530. The van der Waals surface area contributed by atoms with Crippen LogP contribution in [0.3, 0.4) is 0 Å². The highest BCUT2D eigenvalue weighted by Gasteiger charge is 2.31. The molecule has 2 aromatic carbocycles. The van der Waals surface area contributed by atoms with Gasteiger partial charge in [-0.1, -0.05) is 25.1 Å². The van der Waals surface area contributed by atoms with E-state index in [4.69, 9.17) is 14.2 Å². The molecule has 1 aromatic heterocycles. The number of benzene rings is 2. The van der Waals surface area contributed by atoms with Crippen LogP contribution in [0.15, 0.2) is 47.8 Å². The second-order valence-electron chi connectivity index (χ2n) is 7.18. The molecule has 0 bridgehead atoms. The highest BCUT2D eigenvalue weighted by atomic mass is 32.1.